The minimum absolute atomic E-state index is 0.491. The highest BCUT2D eigenvalue weighted by Gasteiger charge is 2.28. The molecule has 0 aromatic rings. The van der Waals surface area contributed by atoms with E-state index in [-0.39, 0.29) is 0 Å². The topological polar surface area (TPSA) is 32.7 Å². The largest absolute Gasteiger partial charge is 0.389 e. The van der Waals surface area contributed by atoms with Gasteiger partial charge in [0, 0.05) is 20.2 Å². The summed E-state index contributed by atoms with van der Waals surface area (Å²) in [4.78, 5) is 2.40. The SMILES string of the molecule is CCC(O)(CC)CN1CCCC(COC)C1. The number of rotatable bonds is 6. The molecule has 3 nitrogen and oxygen atoms in total. The van der Waals surface area contributed by atoms with Gasteiger partial charge in [-0.1, -0.05) is 13.8 Å². The smallest absolute Gasteiger partial charge is 0.0768 e. The molecule has 1 saturated heterocycles. The van der Waals surface area contributed by atoms with Gasteiger partial charge in [-0.2, -0.15) is 0 Å². The fraction of sp³-hybridized carbons (Fsp3) is 1.00. The van der Waals surface area contributed by atoms with Gasteiger partial charge < -0.3 is 14.7 Å². The van der Waals surface area contributed by atoms with Crippen LogP contribution in [-0.4, -0.2) is 49.0 Å². The Morgan fingerprint density at radius 1 is 1.38 bits per heavy atom. The van der Waals surface area contributed by atoms with Crippen molar-refractivity contribution in [2.45, 2.75) is 45.1 Å². The van der Waals surface area contributed by atoms with Gasteiger partial charge in [-0.25, -0.2) is 0 Å². The first-order valence-electron chi connectivity index (χ1n) is 6.57. The molecular weight excluding hydrogens is 202 g/mol. The van der Waals surface area contributed by atoms with E-state index in [9.17, 15) is 5.11 Å². The van der Waals surface area contributed by atoms with Crippen LogP contribution >= 0.6 is 0 Å². The summed E-state index contributed by atoms with van der Waals surface area (Å²) in [6, 6.07) is 0. The molecule has 0 radical (unpaired) electrons. The third-order valence-corrected chi connectivity index (χ3v) is 3.84. The van der Waals surface area contributed by atoms with Crippen LogP contribution in [0, 0.1) is 5.92 Å². The van der Waals surface area contributed by atoms with E-state index in [1.807, 2.05) is 0 Å². The maximum atomic E-state index is 10.3. The molecule has 1 aliphatic heterocycles. The number of piperidine rings is 1. The summed E-state index contributed by atoms with van der Waals surface area (Å²) in [6.45, 7) is 8.02. The lowest BCUT2D eigenvalue weighted by molar-refractivity contribution is -0.0191. The van der Waals surface area contributed by atoms with Crippen molar-refractivity contribution in [3.8, 4) is 0 Å². The van der Waals surface area contributed by atoms with E-state index in [1.165, 1.54) is 12.8 Å². The van der Waals surface area contributed by atoms with E-state index in [4.69, 9.17) is 4.74 Å². The Hall–Kier alpha value is -0.120. The number of β-amino-alcohol motifs (C(OH)–C–C–N with tert-alkyl or cyclic N) is 1. The average Bonchev–Trinajstić information content (AvgIpc) is 2.30. The normalized spacial score (nSPS) is 23.6. The third-order valence-electron chi connectivity index (χ3n) is 3.84. The number of ether oxygens (including phenoxy) is 1. The number of likely N-dealkylation sites (tertiary alicyclic amines) is 1. The molecule has 1 rings (SSSR count). The van der Waals surface area contributed by atoms with Crippen LogP contribution in [0.3, 0.4) is 0 Å². The van der Waals surface area contributed by atoms with E-state index in [0.717, 1.165) is 39.1 Å². The standard InChI is InChI=1S/C13H27NO2/c1-4-13(15,5-2)11-14-8-6-7-12(9-14)10-16-3/h12,15H,4-11H2,1-3H3. The summed E-state index contributed by atoms with van der Waals surface area (Å²) in [5, 5.41) is 10.3. The second-order valence-corrected chi connectivity index (χ2v) is 5.13. The Kier molecular flexibility index (Phi) is 5.73. The first kappa shape index (κ1) is 13.9. The Morgan fingerprint density at radius 3 is 2.62 bits per heavy atom. The Bertz CT molecular complexity index is 190. The van der Waals surface area contributed by atoms with Gasteiger partial charge in [0.25, 0.3) is 0 Å². The second-order valence-electron chi connectivity index (χ2n) is 5.13. The summed E-state index contributed by atoms with van der Waals surface area (Å²) in [7, 11) is 1.77. The van der Waals surface area contributed by atoms with E-state index < -0.39 is 5.60 Å². The molecule has 0 amide bonds. The summed E-state index contributed by atoms with van der Waals surface area (Å²) < 4.78 is 5.22. The number of aliphatic hydroxyl groups is 1. The van der Waals surface area contributed by atoms with Gasteiger partial charge in [0.2, 0.25) is 0 Å². The van der Waals surface area contributed by atoms with Gasteiger partial charge in [0.15, 0.2) is 0 Å². The minimum Gasteiger partial charge on any atom is -0.389 e. The quantitative estimate of drug-likeness (QED) is 0.755. The van der Waals surface area contributed by atoms with Gasteiger partial charge in [-0.15, -0.1) is 0 Å². The van der Waals surface area contributed by atoms with E-state index >= 15 is 0 Å². The molecule has 0 aromatic carbocycles. The Labute approximate surface area is 99.8 Å². The van der Waals surface area contributed by atoms with Crippen molar-refractivity contribution >= 4 is 0 Å². The Balaban J connectivity index is 2.41. The molecule has 0 bridgehead atoms. The molecule has 16 heavy (non-hydrogen) atoms. The molecule has 1 atom stereocenters. The van der Waals surface area contributed by atoms with Crippen LogP contribution in [0.1, 0.15) is 39.5 Å². The van der Waals surface area contributed by atoms with Crippen molar-refractivity contribution in [1.82, 2.24) is 4.90 Å². The monoisotopic (exact) mass is 229 g/mol. The zero-order valence-electron chi connectivity index (χ0n) is 11.0. The number of methoxy groups -OCH3 is 1. The maximum absolute atomic E-state index is 10.3. The van der Waals surface area contributed by atoms with Crippen LogP contribution in [0.4, 0.5) is 0 Å². The van der Waals surface area contributed by atoms with Gasteiger partial charge in [-0.3, -0.25) is 0 Å². The fourth-order valence-electron chi connectivity index (χ4n) is 2.56. The molecule has 1 aliphatic rings. The molecule has 0 aromatic heterocycles. The second kappa shape index (κ2) is 6.58. The lowest BCUT2D eigenvalue weighted by atomic mass is 9.93. The fourth-order valence-corrected chi connectivity index (χ4v) is 2.56. The first-order chi connectivity index (χ1) is 7.63. The molecule has 1 unspecified atom stereocenters. The summed E-state index contributed by atoms with van der Waals surface area (Å²) >= 11 is 0. The third kappa shape index (κ3) is 4.04. The molecule has 0 spiro atoms. The number of hydrogen-bond acceptors (Lipinski definition) is 3. The summed E-state index contributed by atoms with van der Waals surface area (Å²) in [5.41, 5.74) is -0.491. The van der Waals surface area contributed by atoms with E-state index in [2.05, 4.69) is 18.7 Å². The van der Waals surface area contributed by atoms with Gasteiger partial charge in [0.1, 0.15) is 0 Å². The average molecular weight is 229 g/mol. The molecule has 96 valence electrons. The van der Waals surface area contributed by atoms with Crippen molar-refractivity contribution in [1.29, 1.82) is 0 Å². The van der Waals surface area contributed by atoms with E-state index in [1.54, 1.807) is 7.11 Å². The molecular formula is C13H27NO2. The zero-order chi connectivity index (χ0) is 12.0. The van der Waals surface area contributed by atoms with Crippen LogP contribution in [-0.2, 0) is 4.74 Å². The highest BCUT2D eigenvalue weighted by atomic mass is 16.5. The van der Waals surface area contributed by atoms with Crippen LogP contribution in [0.25, 0.3) is 0 Å². The van der Waals surface area contributed by atoms with Gasteiger partial charge in [-0.05, 0) is 38.1 Å². The zero-order valence-corrected chi connectivity index (χ0v) is 11.0. The van der Waals surface area contributed by atoms with Crippen LogP contribution in [0.2, 0.25) is 0 Å². The number of nitrogens with zero attached hydrogens (tertiary/aromatic N) is 1. The number of hydrogen-bond donors (Lipinski definition) is 1. The first-order valence-corrected chi connectivity index (χ1v) is 6.57. The van der Waals surface area contributed by atoms with Crippen LogP contribution in [0.5, 0.6) is 0 Å². The predicted octanol–water partition coefficient (Wildman–Crippen LogP) is 1.90. The summed E-state index contributed by atoms with van der Waals surface area (Å²) in [5.74, 6) is 0.650. The minimum atomic E-state index is -0.491. The van der Waals surface area contributed by atoms with Gasteiger partial charge >= 0.3 is 0 Å². The molecule has 1 heterocycles. The van der Waals surface area contributed by atoms with Crippen molar-refractivity contribution in [2.75, 3.05) is 33.4 Å². The molecule has 0 saturated carbocycles. The Morgan fingerprint density at radius 2 is 2.06 bits per heavy atom. The maximum Gasteiger partial charge on any atom is 0.0768 e. The lowest BCUT2D eigenvalue weighted by Gasteiger charge is -2.38. The summed E-state index contributed by atoms with van der Waals surface area (Å²) in [6.07, 6.45) is 4.18. The molecule has 3 heteroatoms. The highest BCUT2D eigenvalue weighted by molar-refractivity contribution is 4.82. The van der Waals surface area contributed by atoms with Crippen LogP contribution in [0.15, 0.2) is 0 Å². The highest BCUT2D eigenvalue weighted by Crippen LogP contribution is 2.22. The van der Waals surface area contributed by atoms with E-state index in [0.29, 0.717) is 5.92 Å². The van der Waals surface area contributed by atoms with Crippen molar-refractivity contribution in [3.05, 3.63) is 0 Å². The predicted molar refractivity (Wildman–Crippen MR) is 66.6 cm³/mol. The van der Waals surface area contributed by atoms with Crippen molar-refractivity contribution in [2.24, 2.45) is 5.92 Å². The molecule has 1 fully saturated rings. The molecule has 0 aliphatic carbocycles. The van der Waals surface area contributed by atoms with Gasteiger partial charge in [0.05, 0.1) is 12.2 Å². The van der Waals surface area contributed by atoms with Crippen molar-refractivity contribution in [3.63, 3.8) is 0 Å². The van der Waals surface area contributed by atoms with Crippen molar-refractivity contribution < 1.29 is 9.84 Å². The molecule has 1 N–H and O–H groups in total. The van der Waals surface area contributed by atoms with Crippen LogP contribution < -0.4 is 0 Å². The lowest BCUT2D eigenvalue weighted by Crippen LogP contribution is -2.47.